The summed E-state index contributed by atoms with van der Waals surface area (Å²) >= 11 is 0. The molecular formula is C25H29F2N5O2. The van der Waals surface area contributed by atoms with Crippen LogP contribution < -0.4 is 15.4 Å². The van der Waals surface area contributed by atoms with Gasteiger partial charge in [-0.15, -0.1) is 0 Å². The van der Waals surface area contributed by atoms with Crippen molar-refractivity contribution in [2.45, 2.75) is 19.8 Å². The number of carbonyl (C=O) groups is 1. The smallest absolute Gasteiger partial charge is 0.323 e. The van der Waals surface area contributed by atoms with Gasteiger partial charge < -0.3 is 15.4 Å². The summed E-state index contributed by atoms with van der Waals surface area (Å²) in [6.07, 6.45) is 4.18. The second-order valence-electron chi connectivity index (χ2n) is 8.65. The fraction of sp³-hybridized carbons (Fsp3) is 0.360. The van der Waals surface area contributed by atoms with Crippen LogP contribution in [0.4, 0.5) is 25.0 Å². The number of carbonyl (C=O) groups excluding carboxylic acids is 1. The van der Waals surface area contributed by atoms with E-state index in [1.165, 1.54) is 18.9 Å². The van der Waals surface area contributed by atoms with E-state index in [1.807, 2.05) is 13.1 Å². The number of urea groups is 1. The van der Waals surface area contributed by atoms with Crippen LogP contribution in [-0.2, 0) is 7.05 Å². The van der Waals surface area contributed by atoms with Gasteiger partial charge in [0.15, 0.2) is 0 Å². The number of nitrogens with one attached hydrogen (secondary N) is 2. The molecule has 1 unspecified atom stereocenters. The zero-order valence-electron chi connectivity index (χ0n) is 19.4. The fourth-order valence-electron chi connectivity index (χ4n) is 4.22. The van der Waals surface area contributed by atoms with E-state index in [0.717, 1.165) is 37.0 Å². The van der Waals surface area contributed by atoms with Crippen molar-refractivity contribution >= 4 is 17.4 Å². The Balaban J connectivity index is 1.46. The Morgan fingerprint density at radius 2 is 2.03 bits per heavy atom. The van der Waals surface area contributed by atoms with Crippen LogP contribution in [0.25, 0.3) is 11.3 Å². The highest BCUT2D eigenvalue weighted by Gasteiger charge is 2.17. The van der Waals surface area contributed by atoms with E-state index in [4.69, 9.17) is 4.74 Å². The lowest BCUT2D eigenvalue weighted by atomic mass is 10.0. The number of piperidine rings is 1. The topological polar surface area (TPSA) is 71.4 Å². The minimum Gasteiger partial charge on any atom is -0.492 e. The van der Waals surface area contributed by atoms with Gasteiger partial charge in [-0.3, -0.25) is 9.58 Å². The lowest BCUT2D eigenvalue weighted by Gasteiger charge is -2.30. The number of hydrogen-bond acceptors (Lipinski definition) is 4. The monoisotopic (exact) mass is 469 g/mol. The molecule has 180 valence electrons. The summed E-state index contributed by atoms with van der Waals surface area (Å²) in [7, 11) is 1.83. The van der Waals surface area contributed by atoms with Crippen molar-refractivity contribution in [3.63, 3.8) is 0 Å². The molecule has 9 heteroatoms. The zero-order valence-corrected chi connectivity index (χ0v) is 19.4. The summed E-state index contributed by atoms with van der Waals surface area (Å²) in [5, 5.41) is 9.32. The van der Waals surface area contributed by atoms with E-state index in [2.05, 4.69) is 27.6 Å². The predicted octanol–water partition coefficient (Wildman–Crippen LogP) is 5.12. The first-order chi connectivity index (χ1) is 16.4. The van der Waals surface area contributed by atoms with Gasteiger partial charge in [-0.25, -0.2) is 13.6 Å². The second kappa shape index (κ2) is 10.6. The average Bonchev–Trinajstić information content (AvgIpc) is 3.22. The summed E-state index contributed by atoms with van der Waals surface area (Å²) in [4.78, 5) is 14.8. The standard InChI is InChI=1S/C25H29F2N5O2/c1-17-4-3-11-32(16-17)12-13-34-24-8-6-19(15-20(24)23-9-10-28-31(23)2)29-25(33)30-22-7-5-18(26)14-21(22)27/h5-10,14-15,17H,3-4,11-13,16H2,1-2H3,(H2,29,30,33). The van der Waals surface area contributed by atoms with E-state index >= 15 is 0 Å². The molecule has 1 aromatic heterocycles. The van der Waals surface area contributed by atoms with Gasteiger partial charge >= 0.3 is 6.03 Å². The minimum absolute atomic E-state index is 0.113. The van der Waals surface area contributed by atoms with Crippen LogP contribution >= 0.6 is 0 Å². The maximum Gasteiger partial charge on any atom is 0.323 e. The van der Waals surface area contributed by atoms with Crippen molar-refractivity contribution in [2.75, 3.05) is 36.9 Å². The average molecular weight is 470 g/mol. The highest BCUT2D eigenvalue weighted by molar-refractivity contribution is 6.00. The van der Waals surface area contributed by atoms with Crippen LogP contribution in [0.5, 0.6) is 5.75 Å². The molecule has 0 bridgehead atoms. The molecule has 7 nitrogen and oxygen atoms in total. The molecule has 1 saturated heterocycles. The van der Waals surface area contributed by atoms with E-state index in [-0.39, 0.29) is 5.69 Å². The molecule has 1 aliphatic heterocycles. The lowest BCUT2D eigenvalue weighted by molar-refractivity contribution is 0.154. The van der Waals surface area contributed by atoms with Crippen molar-refractivity contribution in [2.24, 2.45) is 13.0 Å². The van der Waals surface area contributed by atoms with Crippen LogP contribution in [0, 0.1) is 17.6 Å². The van der Waals surface area contributed by atoms with Gasteiger partial charge in [0, 0.05) is 43.7 Å². The number of likely N-dealkylation sites (tertiary alicyclic amines) is 1. The molecule has 0 spiro atoms. The molecule has 34 heavy (non-hydrogen) atoms. The molecule has 2 N–H and O–H groups in total. The Bertz CT molecular complexity index is 1150. The Morgan fingerprint density at radius 3 is 2.76 bits per heavy atom. The first-order valence-electron chi connectivity index (χ1n) is 11.4. The Labute approximate surface area is 197 Å². The fourth-order valence-corrected chi connectivity index (χ4v) is 4.22. The number of benzene rings is 2. The molecule has 4 rings (SSSR count). The maximum atomic E-state index is 13.9. The van der Waals surface area contributed by atoms with Gasteiger partial charge in [0.25, 0.3) is 0 Å². The summed E-state index contributed by atoms with van der Waals surface area (Å²) in [6, 6.07) is 9.50. The number of amides is 2. The van der Waals surface area contributed by atoms with Crippen molar-refractivity contribution in [1.82, 2.24) is 14.7 Å². The van der Waals surface area contributed by atoms with Gasteiger partial charge in [-0.2, -0.15) is 5.10 Å². The normalized spacial score (nSPS) is 16.3. The summed E-state index contributed by atoms with van der Waals surface area (Å²) < 4.78 is 34.8. The third kappa shape index (κ3) is 5.91. The number of nitrogens with zero attached hydrogens (tertiary/aromatic N) is 3. The number of hydrogen-bond donors (Lipinski definition) is 2. The van der Waals surface area contributed by atoms with Crippen molar-refractivity contribution < 1.29 is 18.3 Å². The molecular weight excluding hydrogens is 440 g/mol. The minimum atomic E-state index is -0.849. The summed E-state index contributed by atoms with van der Waals surface area (Å²) in [5.74, 6) is -0.171. The Hall–Kier alpha value is -3.46. The number of halogens is 2. The van der Waals surface area contributed by atoms with Gasteiger partial charge in [0.1, 0.15) is 24.0 Å². The van der Waals surface area contributed by atoms with Crippen molar-refractivity contribution in [3.8, 4) is 17.0 Å². The van der Waals surface area contributed by atoms with Gasteiger partial charge in [-0.1, -0.05) is 6.92 Å². The SMILES string of the molecule is CC1CCCN(CCOc2ccc(NC(=O)Nc3ccc(F)cc3F)cc2-c2ccnn2C)C1. The predicted molar refractivity (Wildman–Crippen MR) is 128 cm³/mol. The van der Waals surface area contributed by atoms with E-state index in [0.29, 0.717) is 30.0 Å². The van der Waals surface area contributed by atoms with E-state index in [9.17, 15) is 13.6 Å². The number of ether oxygens (including phenoxy) is 1. The van der Waals surface area contributed by atoms with Gasteiger partial charge in [0.2, 0.25) is 0 Å². The van der Waals surface area contributed by atoms with Crippen LogP contribution in [0.15, 0.2) is 48.7 Å². The summed E-state index contributed by atoms with van der Waals surface area (Å²) in [6.45, 7) is 5.86. The molecule has 1 aliphatic rings. The highest BCUT2D eigenvalue weighted by atomic mass is 19.1. The zero-order chi connectivity index (χ0) is 24.1. The van der Waals surface area contributed by atoms with E-state index in [1.54, 1.807) is 29.1 Å². The largest absolute Gasteiger partial charge is 0.492 e. The highest BCUT2D eigenvalue weighted by Crippen LogP contribution is 2.32. The number of aryl methyl sites for hydroxylation is 1. The molecule has 0 saturated carbocycles. The first-order valence-corrected chi connectivity index (χ1v) is 11.4. The number of anilines is 2. The molecule has 3 aromatic rings. The van der Waals surface area contributed by atoms with Crippen LogP contribution in [0.2, 0.25) is 0 Å². The molecule has 1 fully saturated rings. The molecule has 1 atom stereocenters. The number of rotatable bonds is 7. The number of aromatic nitrogens is 2. The third-order valence-electron chi connectivity index (χ3n) is 5.92. The molecule has 2 heterocycles. The van der Waals surface area contributed by atoms with Gasteiger partial charge in [0.05, 0.1) is 11.4 Å². The molecule has 0 radical (unpaired) electrons. The Morgan fingerprint density at radius 1 is 1.18 bits per heavy atom. The van der Waals surface area contributed by atoms with Crippen molar-refractivity contribution in [3.05, 3.63) is 60.3 Å². The second-order valence-corrected chi connectivity index (χ2v) is 8.65. The van der Waals surface area contributed by atoms with Crippen molar-refractivity contribution in [1.29, 1.82) is 0 Å². The van der Waals surface area contributed by atoms with Crippen LogP contribution in [0.1, 0.15) is 19.8 Å². The first kappa shape index (κ1) is 23.7. The Kier molecular flexibility index (Phi) is 7.42. The van der Waals surface area contributed by atoms with Gasteiger partial charge in [-0.05, 0) is 61.7 Å². The third-order valence-corrected chi connectivity index (χ3v) is 5.92. The maximum absolute atomic E-state index is 13.9. The molecule has 2 aromatic carbocycles. The quantitative estimate of drug-likeness (QED) is 0.504. The van der Waals surface area contributed by atoms with E-state index < -0.39 is 17.7 Å². The molecule has 2 amide bonds. The van der Waals surface area contributed by atoms with Crippen LogP contribution in [0.3, 0.4) is 0 Å². The lowest BCUT2D eigenvalue weighted by Crippen LogP contribution is -2.37. The molecule has 0 aliphatic carbocycles. The van der Waals surface area contributed by atoms with Crippen LogP contribution in [-0.4, -0.2) is 47.0 Å². The summed E-state index contributed by atoms with van der Waals surface area (Å²) in [5.41, 5.74) is 1.99.